The highest BCUT2D eigenvalue weighted by molar-refractivity contribution is 4.74. The maximum Gasteiger partial charge on any atom is 0.100 e. The van der Waals surface area contributed by atoms with Crippen LogP contribution >= 0.6 is 0 Å². The van der Waals surface area contributed by atoms with Crippen LogP contribution < -0.4 is 0 Å². The number of halogens is 1. The predicted molar refractivity (Wildman–Crippen MR) is 48.5 cm³/mol. The Morgan fingerprint density at radius 3 is 2.27 bits per heavy atom. The first-order valence-corrected chi connectivity index (χ1v) is 4.97. The summed E-state index contributed by atoms with van der Waals surface area (Å²) in [6.07, 6.45) is 4.78. The zero-order valence-corrected chi connectivity index (χ0v) is 8.07. The maximum absolute atomic E-state index is 12.5. The fraction of sp³-hybridized carbons (Fsp3) is 1.00. The van der Waals surface area contributed by atoms with E-state index in [2.05, 4.69) is 6.92 Å². The summed E-state index contributed by atoms with van der Waals surface area (Å²) in [7, 11) is 0. The molecule has 1 saturated carbocycles. The molecule has 68 valence electrons. The molecule has 0 radical (unpaired) electrons. The van der Waals surface area contributed by atoms with Crippen molar-refractivity contribution in [1.29, 1.82) is 0 Å². The average molecular weight is 160 g/mol. The average Bonchev–Trinajstić information content (AvgIpc) is 2.41. The lowest BCUT2D eigenvalue weighted by Gasteiger charge is -2.03. The van der Waals surface area contributed by atoms with Gasteiger partial charge in [0, 0.05) is 0 Å². The van der Waals surface area contributed by atoms with Crippen molar-refractivity contribution in [2.75, 3.05) is 0 Å². The largest absolute Gasteiger partial charge is 0.247 e. The van der Waals surface area contributed by atoms with Crippen LogP contribution in [0, 0.1) is 5.92 Å². The fourth-order valence-electron chi connectivity index (χ4n) is 1.68. The predicted octanol–water partition coefficient (Wildman–Crippen LogP) is 3.95. The summed E-state index contributed by atoms with van der Waals surface area (Å²) in [5.74, 6) is 0.713. The Labute approximate surface area is 70.2 Å². The van der Waals surface area contributed by atoms with E-state index < -0.39 is 6.17 Å². The Morgan fingerprint density at radius 1 is 1.27 bits per heavy atom. The summed E-state index contributed by atoms with van der Waals surface area (Å²) < 4.78 is 12.5. The first-order valence-electron chi connectivity index (χ1n) is 4.97. The van der Waals surface area contributed by atoms with E-state index >= 15 is 0 Å². The van der Waals surface area contributed by atoms with Crippen molar-refractivity contribution in [2.24, 2.45) is 5.92 Å². The van der Waals surface area contributed by atoms with Crippen LogP contribution in [0.25, 0.3) is 0 Å². The van der Waals surface area contributed by atoms with Gasteiger partial charge in [0.25, 0.3) is 0 Å². The zero-order chi connectivity index (χ0) is 8.69. The van der Waals surface area contributed by atoms with Crippen LogP contribution in [0.4, 0.5) is 4.39 Å². The summed E-state index contributed by atoms with van der Waals surface area (Å²) in [5, 5.41) is 0. The van der Waals surface area contributed by atoms with Gasteiger partial charge in [-0.15, -0.1) is 0 Å². The minimum atomic E-state index is -0.471. The highest BCUT2D eigenvalue weighted by atomic mass is 19.1. The third-order valence-corrected chi connectivity index (χ3v) is 2.17. The molecule has 0 spiro atoms. The van der Waals surface area contributed by atoms with E-state index in [1.807, 2.05) is 13.8 Å². The van der Waals surface area contributed by atoms with Crippen LogP contribution in [0.3, 0.4) is 0 Å². The van der Waals surface area contributed by atoms with Gasteiger partial charge in [-0.1, -0.05) is 33.6 Å². The molecule has 2 unspecified atom stereocenters. The van der Waals surface area contributed by atoms with Crippen LogP contribution in [-0.2, 0) is 0 Å². The third-order valence-electron chi connectivity index (χ3n) is 2.17. The van der Waals surface area contributed by atoms with Gasteiger partial charge in [0.15, 0.2) is 0 Å². The number of rotatable bonds is 2. The van der Waals surface area contributed by atoms with Gasteiger partial charge in [-0.3, -0.25) is 0 Å². The highest BCUT2D eigenvalue weighted by Crippen LogP contribution is 2.30. The molecule has 1 aliphatic rings. The van der Waals surface area contributed by atoms with E-state index in [0.717, 1.165) is 19.3 Å². The lowest BCUT2D eigenvalue weighted by atomic mass is 10.0. The molecule has 0 aliphatic heterocycles. The highest BCUT2D eigenvalue weighted by Gasteiger charge is 2.22. The second-order valence-electron chi connectivity index (χ2n) is 3.07. The molecule has 0 saturated heterocycles. The molecule has 0 aromatic heterocycles. The fourth-order valence-corrected chi connectivity index (χ4v) is 1.68. The molecule has 0 aromatic carbocycles. The second kappa shape index (κ2) is 6.63. The Morgan fingerprint density at radius 2 is 1.91 bits per heavy atom. The molecular formula is C10H21F. The molecule has 1 fully saturated rings. The quantitative estimate of drug-likeness (QED) is 0.573. The smallest absolute Gasteiger partial charge is 0.100 e. The van der Waals surface area contributed by atoms with E-state index in [1.54, 1.807) is 0 Å². The van der Waals surface area contributed by atoms with Crippen LogP contribution in [0.15, 0.2) is 0 Å². The molecule has 0 amide bonds. The summed E-state index contributed by atoms with van der Waals surface area (Å²) in [6, 6.07) is 0. The van der Waals surface area contributed by atoms with Gasteiger partial charge in [0.05, 0.1) is 0 Å². The lowest BCUT2D eigenvalue weighted by Crippen LogP contribution is -1.94. The Balaban J connectivity index is 0.000000461. The van der Waals surface area contributed by atoms with E-state index in [9.17, 15) is 4.39 Å². The van der Waals surface area contributed by atoms with Crippen LogP contribution in [0.5, 0.6) is 0 Å². The summed E-state index contributed by atoms with van der Waals surface area (Å²) >= 11 is 0. The molecular weight excluding hydrogens is 139 g/mol. The van der Waals surface area contributed by atoms with Crippen molar-refractivity contribution >= 4 is 0 Å². The van der Waals surface area contributed by atoms with E-state index in [0.29, 0.717) is 5.92 Å². The van der Waals surface area contributed by atoms with Crippen LogP contribution in [0.1, 0.15) is 52.9 Å². The number of alkyl halides is 1. The topological polar surface area (TPSA) is 0 Å². The van der Waals surface area contributed by atoms with Gasteiger partial charge >= 0.3 is 0 Å². The van der Waals surface area contributed by atoms with Crippen LogP contribution in [-0.4, -0.2) is 6.17 Å². The minimum absolute atomic E-state index is 0.471. The van der Waals surface area contributed by atoms with Gasteiger partial charge in [-0.05, 0) is 25.2 Å². The molecule has 1 aliphatic carbocycles. The van der Waals surface area contributed by atoms with Gasteiger partial charge < -0.3 is 0 Å². The molecule has 11 heavy (non-hydrogen) atoms. The second-order valence-corrected chi connectivity index (χ2v) is 3.07. The van der Waals surface area contributed by atoms with Gasteiger partial charge in [0.1, 0.15) is 6.17 Å². The Kier molecular flexibility index (Phi) is 6.59. The molecule has 0 bridgehead atoms. The summed E-state index contributed by atoms with van der Waals surface area (Å²) in [5.41, 5.74) is 0. The Bertz CT molecular complexity index is 78.9. The number of hydrogen-bond donors (Lipinski definition) is 0. The molecule has 1 rings (SSSR count). The van der Waals surface area contributed by atoms with E-state index in [-0.39, 0.29) is 0 Å². The first-order chi connectivity index (χ1) is 5.33. The zero-order valence-electron chi connectivity index (χ0n) is 8.07. The van der Waals surface area contributed by atoms with Gasteiger partial charge in [-0.25, -0.2) is 4.39 Å². The SMILES string of the molecule is CC.CCCC1CCC(F)C1. The Hall–Kier alpha value is -0.0700. The molecule has 0 nitrogen and oxygen atoms in total. The first kappa shape index (κ1) is 10.9. The van der Waals surface area contributed by atoms with Crippen molar-refractivity contribution in [3.8, 4) is 0 Å². The van der Waals surface area contributed by atoms with Crippen molar-refractivity contribution < 1.29 is 4.39 Å². The van der Waals surface area contributed by atoms with Crippen molar-refractivity contribution in [2.45, 2.75) is 59.0 Å². The van der Waals surface area contributed by atoms with E-state index in [1.165, 1.54) is 12.8 Å². The monoisotopic (exact) mass is 160 g/mol. The number of hydrogen-bond acceptors (Lipinski definition) is 0. The maximum atomic E-state index is 12.5. The molecule has 0 heterocycles. The van der Waals surface area contributed by atoms with Crippen molar-refractivity contribution in [3.05, 3.63) is 0 Å². The molecule has 0 aromatic rings. The van der Waals surface area contributed by atoms with Crippen molar-refractivity contribution in [1.82, 2.24) is 0 Å². The van der Waals surface area contributed by atoms with Gasteiger partial charge in [-0.2, -0.15) is 0 Å². The molecule has 0 N–H and O–H groups in total. The minimum Gasteiger partial charge on any atom is -0.247 e. The van der Waals surface area contributed by atoms with Gasteiger partial charge in [0.2, 0.25) is 0 Å². The van der Waals surface area contributed by atoms with Crippen molar-refractivity contribution in [3.63, 3.8) is 0 Å². The summed E-state index contributed by atoms with van der Waals surface area (Å²) in [6.45, 7) is 6.17. The standard InChI is InChI=1S/C8H15F.C2H6/c1-2-3-7-4-5-8(9)6-7;1-2/h7-8H,2-6H2,1H3;1-2H3. The molecule has 2 atom stereocenters. The van der Waals surface area contributed by atoms with Crippen LogP contribution in [0.2, 0.25) is 0 Å². The molecule has 1 heteroatoms. The lowest BCUT2D eigenvalue weighted by molar-refractivity contribution is 0.327. The normalized spacial score (nSPS) is 29.5. The van der Waals surface area contributed by atoms with E-state index in [4.69, 9.17) is 0 Å². The summed E-state index contributed by atoms with van der Waals surface area (Å²) in [4.78, 5) is 0. The third kappa shape index (κ3) is 4.39.